The summed E-state index contributed by atoms with van der Waals surface area (Å²) in [7, 11) is 1.58. The summed E-state index contributed by atoms with van der Waals surface area (Å²) in [6, 6.07) is 0.817. The molecule has 6 nitrogen and oxygen atoms in total. The second kappa shape index (κ2) is 6.04. The first kappa shape index (κ1) is 13.8. The monoisotopic (exact) mass is 265 g/mol. The molecule has 0 radical (unpaired) electrons. The molecule has 0 spiro atoms. The molecule has 0 saturated carbocycles. The zero-order valence-electron chi connectivity index (χ0n) is 12.2. The lowest BCUT2D eigenvalue weighted by atomic mass is 9.94. The van der Waals surface area contributed by atoms with E-state index in [1.807, 2.05) is 6.92 Å². The summed E-state index contributed by atoms with van der Waals surface area (Å²) in [5, 5.41) is 3.12. The van der Waals surface area contributed by atoms with Gasteiger partial charge in [0.1, 0.15) is 0 Å². The zero-order valence-corrected chi connectivity index (χ0v) is 12.2. The molecule has 1 aliphatic rings. The number of aromatic nitrogens is 3. The summed E-state index contributed by atoms with van der Waals surface area (Å²) >= 11 is 0. The standard InChI is InChI=1S/C13H23N5O/c1-5-14-11-15-12(17-13(16-11)19-4)18-7-6-9(2)8-10(18)3/h9-10H,5-8H2,1-4H3,(H,14,15,16,17). The topological polar surface area (TPSA) is 63.2 Å². The first-order chi connectivity index (χ1) is 9.13. The molecule has 0 aromatic carbocycles. The highest BCUT2D eigenvalue weighted by Gasteiger charge is 2.25. The summed E-state index contributed by atoms with van der Waals surface area (Å²) in [4.78, 5) is 15.3. The van der Waals surface area contributed by atoms with Gasteiger partial charge >= 0.3 is 6.01 Å². The van der Waals surface area contributed by atoms with E-state index in [4.69, 9.17) is 4.74 Å². The molecular formula is C13H23N5O. The Morgan fingerprint density at radius 1 is 1.32 bits per heavy atom. The minimum atomic E-state index is 0.367. The van der Waals surface area contributed by atoms with Crippen molar-refractivity contribution in [1.29, 1.82) is 0 Å². The van der Waals surface area contributed by atoms with Crippen molar-refractivity contribution in [3.63, 3.8) is 0 Å². The fraction of sp³-hybridized carbons (Fsp3) is 0.769. The van der Waals surface area contributed by atoms with Gasteiger partial charge in [0.2, 0.25) is 11.9 Å². The molecule has 6 heteroatoms. The van der Waals surface area contributed by atoms with Crippen molar-refractivity contribution in [3.05, 3.63) is 0 Å². The molecule has 106 valence electrons. The van der Waals surface area contributed by atoms with Crippen molar-refractivity contribution in [3.8, 4) is 6.01 Å². The summed E-state index contributed by atoms with van der Waals surface area (Å²) < 4.78 is 5.16. The minimum Gasteiger partial charge on any atom is -0.467 e. The third-order valence-electron chi connectivity index (χ3n) is 3.52. The number of hydrogen-bond donors (Lipinski definition) is 1. The molecule has 0 amide bonds. The first-order valence-corrected chi connectivity index (χ1v) is 6.94. The van der Waals surface area contributed by atoms with E-state index in [0.29, 0.717) is 23.9 Å². The lowest BCUT2D eigenvalue weighted by Gasteiger charge is -2.36. The first-order valence-electron chi connectivity index (χ1n) is 6.94. The van der Waals surface area contributed by atoms with Crippen LogP contribution in [0.5, 0.6) is 6.01 Å². The van der Waals surface area contributed by atoms with Gasteiger partial charge in [-0.3, -0.25) is 0 Å². The Morgan fingerprint density at radius 3 is 2.74 bits per heavy atom. The quantitative estimate of drug-likeness (QED) is 0.897. The van der Waals surface area contributed by atoms with Crippen molar-refractivity contribution in [2.24, 2.45) is 5.92 Å². The minimum absolute atomic E-state index is 0.367. The SMILES string of the molecule is CCNc1nc(OC)nc(N2CCC(C)CC2C)n1. The van der Waals surface area contributed by atoms with Crippen LogP contribution >= 0.6 is 0 Å². The molecule has 2 unspecified atom stereocenters. The van der Waals surface area contributed by atoms with Crippen LogP contribution in [-0.4, -0.2) is 41.2 Å². The molecule has 1 aromatic rings. The van der Waals surface area contributed by atoms with E-state index in [1.165, 1.54) is 12.8 Å². The van der Waals surface area contributed by atoms with Crippen molar-refractivity contribution >= 4 is 11.9 Å². The van der Waals surface area contributed by atoms with Gasteiger partial charge in [-0.2, -0.15) is 15.0 Å². The molecule has 2 atom stereocenters. The van der Waals surface area contributed by atoms with Crippen LogP contribution in [0.1, 0.15) is 33.6 Å². The lowest BCUT2D eigenvalue weighted by molar-refractivity contribution is 0.362. The smallest absolute Gasteiger partial charge is 0.322 e. The van der Waals surface area contributed by atoms with Gasteiger partial charge in [0.25, 0.3) is 0 Å². The number of anilines is 2. The third kappa shape index (κ3) is 3.24. The number of piperidine rings is 1. The third-order valence-corrected chi connectivity index (χ3v) is 3.52. The Balaban J connectivity index is 2.25. The van der Waals surface area contributed by atoms with Gasteiger partial charge in [-0.15, -0.1) is 0 Å². The van der Waals surface area contributed by atoms with Gasteiger partial charge < -0.3 is 15.0 Å². The highest BCUT2D eigenvalue weighted by Crippen LogP contribution is 2.26. The van der Waals surface area contributed by atoms with Gasteiger partial charge in [0.05, 0.1) is 7.11 Å². The van der Waals surface area contributed by atoms with Gasteiger partial charge in [0.15, 0.2) is 0 Å². The average molecular weight is 265 g/mol. The fourth-order valence-corrected chi connectivity index (χ4v) is 2.51. The maximum absolute atomic E-state index is 5.16. The number of methoxy groups -OCH3 is 1. The van der Waals surface area contributed by atoms with Gasteiger partial charge in [-0.25, -0.2) is 0 Å². The number of rotatable bonds is 4. The second-order valence-electron chi connectivity index (χ2n) is 5.15. The van der Waals surface area contributed by atoms with E-state index >= 15 is 0 Å². The van der Waals surface area contributed by atoms with Crippen LogP contribution in [0.25, 0.3) is 0 Å². The molecule has 1 N–H and O–H groups in total. The van der Waals surface area contributed by atoms with Gasteiger partial charge in [-0.05, 0) is 32.6 Å². The lowest BCUT2D eigenvalue weighted by Crippen LogP contribution is -2.41. The van der Waals surface area contributed by atoms with Crippen molar-refractivity contribution < 1.29 is 4.74 Å². The predicted molar refractivity (Wildman–Crippen MR) is 75.7 cm³/mol. The predicted octanol–water partition coefficient (Wildman–Crippen LogP) is 1.94. The molecule has 1 aromatic heterocycles. The average Bonchev–Trinajstić information content (AvgIpc) is 2.38. The van der Waals surface area contributed by atoms with Crippen LogP contribution in [-0.2, 0) is 0 Å². The second-order valence-corrected chi connectivity index (χ2v) is 5.15. The van der Waals surface area contributed by atoms with Crippen LogP contribution in [0.3, 0.4) is 0 Å². The Hall–Kier alpha value is -1.59. The number of nitrogens with one attached hydrogen (secondary N) is 1. The Bertz CT molecular complexity index is 425. The van der Waals surface area contributed by atoms with Crippen molar-refractivity contribution in [2.75, 3.05) is 30.4 Å². The molecule has 2 rings (SSSR count). The Morgan fingerprint density at radius 2 is 2.11 bits per heavy atom. The molecule has 1 aliphatic heterocycles. The van der Waals surface area contributed by atoms with Gasteiger partial charge in [-0.1, -0.05) is 6.92 Å². The van der Waals surface area contributed by atoms with E-state index in [1.54, 1.807) is 7.11 Å². The van der Waals surface area contributed by atoms with E-state index in [0.717, 1.165) is 19.0 Å². The normalized spacial score (nSPS) is 23.3. The molecule has 0 aliphatic carbocycles. The van der Waals surface area contributed by atoms with Crippen molar-refractivity contribution in [1.82, 2.24) is 15.0 Å². The van der Waals surface area contributed by atoms with Crippen LogP contribution in [0, 0.1) is 5.92 Å². The molecular weight excluding hydrogens is 242 g/mol. The number of nitrogens with zero attached hydrogens (tertiary/aromatic N) is 4. The highest BCUT2D eigenvalue weighted by atomic mass is 16.5. The Labute approximate surface area is 114 Å². The van der Waals surface area contributed by atoms with Crippen LogP contribution in [0.2, 0.25) is 0 Å². The molecule has 0 bridgehead atoms. The highest BCUT2D eigenvalue weighted by molar-refractivity contribution is 5.39. The largest absolute Gasteiger partial charge is 0.467 e. The summed E-state index contributed by atoms with van der Waals surface area (Å²) in [5.74, 6) is 2.06. The summed E-state index contributed by atoms with van der Waals surface area (Å²) in [6.07, 6.45) is 2.35. The van der Waals surface area contributed by atoms with E-state index in [9.17, 15) is 0 Å². The summed E-state index contributed by atoms with van der Waals surface area (Å²) in [5.41, 5.74) is 0. The number of ether oxygens (including phenoxy) is 1. The van der Waals surface area contributed by atoms with Gasteiger partial charge in [0, 0.05) is 19.1 Å². The number of hydrogen-bond acceptors (Lipinski definition) is 6. The fourth-order valence-electron chi connectivity index (χ4n) is 2.51. The Kier molecular flexibility index (Phi) is 4.39. The maximum Gasteiger partial charge on any atom is 0.322 e. The van der Waals surface area contributed by atoms with Crippen LogP contribution in [0.15, 0.2) is 0 Å². The van der Waals surface area contributed by atoms with Crippen LogP contribution < -0.4 is 15.0 Å². The van der Waals surface area contributed by atoms with Crippen LogP contribution in [0.4, 0.5) is 11.9 Å². The molecule has 1 saturated heterocycles. The maximum atomic E-state index is 5.16. The molecule has 2 heterocycles. The molecule has 19 heavy (non-hydrogen) atoms. The van der Waals surface area contributed by atoms with E-state index in [2.05, 4.69) is 39.0 Å². The van der Waals surface area contributed by atoms with E-state index < -0.39 is 0 Å². The van der Waals surface area contributed by atoms with Crippen molar-refractivity contribution in [2.45, 2.75) is 39.7 Å². The zero-order chi connectivity index (χ0) is 13.8. The molecule has 1 fully saturated rings. The summed E-state index contributed by atoms with van der Waals surface area (Å²) in [6.45, 7) is 8.30. The van der Waals surface area contributed by atoms with E-state index in [-0.39, 0.29) is 0 Å².